The van der Waals surface area contributed by atoms with E-state index >= 15 is 0 Å². The minimum Gasteiger partial charge on any atom is -0.462 e. The molecular weight excluding hydrogens is 362 g/mol. The Morgan fingerprint density at radius 2 is 2.35 bits per heavy atom. The first kappa shape index (κ1) is 14.1. The third-order valence-electron chi connectivity index (χ3n) is 1.92. The van der Waals surface area contributed by atoms with Crippen molar-refractivity contribution in [3.63, 3.8) is 0 Å². The highest BCUT2D eigenvalue weighted by molar-refractivity contribution is 14.1. The first-order valence-electron chi connectivity index (χ1n) is 4.57. The topological polar surface area (TPSA) is 82.3 Å². The van der Waals surface area contributed by atoms with Crippen molar-refractivity contribution in [1.82, 2.24) is 4.98 Å². The molecule has 92 valence electrons. The van der Waals surface area contributed by atoms with Gasteiger partial charge in [0.1, 0.15) is 0 Å². The van der Waals surface area contributed by atoms with Crippen LogP contribution in [-0.2, 0) is 9.16 Å². The standard InChI is InChI=1S/C9H8ClIN2O4/c1-2-17-9(14)6-4-12-8(10)7(13(15)16)5(6)3-11/h4H,2-3H2,1H3. The van der Waals surface area contributed by atoms with Gasteiger partial charge in [0.15, 0.2) is 0 Å². The van der Waals surface area contributed by atoms with Crippen molar-refractivity contribution in [3.8, 4) is 0 Å². The molecule has 0 atom stereocenters. The van der Waals surface area contributed by atoms with E-state index in [4.69, 9.17) is 16.3 Å². The lowest BCUT2D eigenvalue weighted by atomic mass is 10.1. The van der Waals surface area contributed by atoms with Crippen LogP contribution in [0.1, 0.15) is 22.8 Å². The van der Waals surface area contributed by atoms with Crippen LogP contribution in [0.25, 0.3) is 0 Å². The molecule has 8 heteroatoms. The maximum absolute atomic E-state index is 11.6. The quantitative estimate of drug-likeness (QED) is 0.203. The summed E-state index contributed by atoms with van der Waals surface area (Å²) in [6.07, 6.45) is 1.20. The predicted molar refractivity (Wildman–Crippen MR) is 69.6 cm³/mol. The number of carbonyl (C=O) groups is 1. The maximum Gasteiger partial charge on any atom is 0.340 e. The van der Waals surface area contributed by atoms with Crippen LogP contribution < -0.4 is 0 Å². The lowest BCUT2D eigenvalue weighted by molar-refractivity contribution is -0.385. The van der Waals surface area contributed by atoms with Crippen LogP contribution in [0.3, 0.4) is 0 Å². The van der Waals surface area contributed by atoms with Gasteiger partial charge in [0.05, 0.1) is 22.7 Å². The number of rotatable bonds is 4. The van der Waals surface area contributed by atoms with Crippen molar-refractivity contribution in [2.45, 2.75) is 11.4 Å². The number of hydrogen-bond donors (Lipinski definition) is 0. The molecule has 0 spiro atoms. The number of alkyl halides is 1. The minimum absolute atomic E-state index is 0.0809. The zero-order valence-electron chi connectivity index (χ0n) is 8.77. The van der Waals surface area contributed by atoms with Crippen molar-refractivity contribution in [2.24, 2.45) is 0 Å². The summed E-state index contributed by atoms with van der Waals surface area (Å²) in [5.41, 5.74) is -0.0296. The summed E-state index contributed by atoms with van der Waals surface area (Å²) in [6.45, 7) is 1.84. The Bertz CT molecular complexity index is 467. The molecule has 0 unspecified atom stereocenters. The normalized spacial score (nSPS) is 10.1. The summed E-state index contributed by atoms with van der Waals surface area (Å²) in [4.78, 5) is 25.4. The van der Waals surface area contributed by atoms with Crippen molar-refractivity contribution in [1.29, 1.82) is 0 Å². The molecule has 1 aromatic heterocycles. The lowest BCUT2D eigenvalue weighted by Gasteiger charge is -2.07. The van der Waals surface area contributed by atoms with Gasteiger partial charge in [-0.25, -0.2) is 9.78 Å². The highest BCUT2D eigenvalue weighted by Crippen LogP contribution is 2.31. The Labute approximate surface area is 116 Å². The Balaban J connectivity index is 3.38. The van der Waals surface area contributed by atoms with E-state index in [-0.39, 0.29) is 33.0 Å². The van der Waals surface area contributed by atoms with Crippen LogP contribution in [0.15, 0.2) is 6.20 Å². The summed E-state index contributed by atoms with van der Waals surface area (Å²) in [5.74, 6) is -0.633. The maximum atomic E-state index is 11.6. The summed E-state index contributed by atoms with van der Waals surface area (Å²) in [7, 11) is 0. The van der Waals surface area contributed by atoms with Gasteiger partial charge in [0, 0.05) is 10.6 Å². The van der Waals surface area contributed by atoms with Crippen molar-refractivity contribution in [2.75, 3.05) is 6.61 Å². The Hall–Kier alpha value is -0.960. The van der Waals surface area contributed by atoms with Gasteiger partial charge in [-0.3, -0.25) is 10.1 Å². The molecule has 0 aromatic carbocycles. The lowest BCUT2D eigenvalue weighted by Crippen LogP contribution is -2.10. The van der Waals surface area contributed by atoms with Crippen molar-refractivity contribution < 1.29 is 14.5 Å². The zero-order valence-corrected chi connectivity index (χ0v) is 11.7. The number of halogens is 2. The van der Waals surface area contributed by atoms with Crippen LogP contribution in [0, 0.1) is 10.1 Å². The number of ether oxygens (including phenoxy) is 1. The molecule has 6 nitrogen and oxygen atoms in total. The second-order valence-electron chi connectivity index (χ2n) is 2.90. The van der Waals surface area contributed by atoms with E-state index in [0.717, 1.165) is 0 Å². The smallest absolute Gasteiger partial charge is 0.340 e. The molecule has 0 aliphatic carbocycles. The highest BCUT2D eigenvalue weighted by Gasteiger charge is 2.26. The Morgan fingerprint density at radius 1 is 1.71 bits per heavy atom. The third-order valence-corrected chi connectivity index (χ3v) is 2.96. The largest absolute Gasteiger partial charge is 0.462 e. The Morgan fingerprint density at radius 3 is 2.82 bits per heavy atom. The molecule has 0 saturated heterocycles. The number of hydrogen-bond acceptors (Lipinski definition) is 5. The second kappa shape index (κ2) is 6.10. The van der Waals surface area contributed by atoms with E-state index < -0.39 is 10.9 Å². The van der Waals surface area contributed by atoms with E-state index in [1.165, 1.54) is 6.20 Å². The SMILES string of the molecule is CCOC(=O)c1cnc(Cl)c([N+](=O)[O-])c1CI. The van der Waals surface area contributed by atoms with Gasteiger partial charge in [-0.2, -0.15) is 0 Å². The molecule has 0 N–H and O–H groups in total. The van der Waals surface area contributed by atoms with Crippen LogP contribution in [-0.4, -0.2) is 22.5 Å². The van der Waals surface area contributed by atoms with Crippen LogP contribution in [0.4, 0.5) is 5.69 Å². The number of carbonyl (C=O) groups excluding carboxylic acids is 1. The Kier molecular flexibility index (Phi) is 5.06. The molecule has 0 amide bonds. The second-order valence-corrected chi connectivity index (χ2v) is 4.02. The molecule has 0 aliphatic rings. The molecule has 0 radical (unpaired) electrons. The van der Waals surface area contributed by atoms with E-state index in [9.17, 15) is 14.9 Å². The number of pyridine rings is 1. The van der Waals surface area contributed by atoms with Crippen molar-refractivity contribution >= 4 is 45.8 Å². The van der Waals surface area contributed by atoms with Gasteiger partial charge in [-0.05, 0) is 6.92 Å². The third kappa shape index (κ3) is 3.03. The molecule has 0 saturated carbocycles. The number of nitrogens with zero attached hydrogens (tertiary/aromatic N) is 2. The number of aromatic nitrogens is 1. The molecular formula is C9H8ClIN2O4. The van der Waals surface area contributed by atoms with Gasteiger partial charge in [0.2, 0.25) is 5.15 Å². The van der Waals surface area contributed by atoms with E-state index in [2.05, 4.69) is 4.98 Å². The van der Waals surface area contributed by atoms with Gasteiger partial charge in [0.25, 0.3) is 0 Å². The molecule has 1 rings (SSSR count). The van der Waals surface area contributed by atoms with Crippen molar-refractivity contribution in [3.05, 3.63) is 32.6 Å². The fourth-order valence-electron chi connectivity index (χ4n) is 1.22. The summed E-state index contributed by atoms with van der Waals surface area (Å²) in [6, 6.07) is 0. The fraction of sp³-hybridized carbons (Fsp3) is 0.333. The van der Waals surface area contributed by atoms with E-state index in [1.807, 2.05) is 22.6 Å². The van der Waals surface area contributed by atoms with Gasteiger partial charge in [-0.1, -0.05) is 34.2 Å². The number of nitro groups is 1. The van der Waals surface area contributed by atoms with E-state index in [0.29, 0.717) is 0 Å². The first-order chi connectivity index (χ1) is 8.02. The summed E-state index contributed by atoms with van der Waals surface area (Å²) < 4.78 is 5.07. The van der Waals surface area contributed by atoms with Gasteiger partial charge < -0.3 is 4.74 Å². The molecule has 1 aromatic rings. The average molecular weight is 371 g/mol. The van der Waals surface area contributed by atoms with E-state index in [1.54, 1.807) is 6.92 Å². The van der Waals surface area contributed by atoms with Gasteiger partial charge >= 0.3 is 11.7 Å². The molecule has 17 heavy (non-hydrogen) atoms. The highest BCUT2D eigenvalue weighted by atomic mass is 127. The van der Waals surface area contributed by atoms with Gasteiger partial charge in [-0.15, -0.1) is 0 Å². The van der Waals surface area contributed by atoms with Crippen LogP contribution in [0.2, 0.25) is 5.15 Å². The monoisotopic (exact) mass is 370 g/mol. The molecule has 0 bridgehead atoms. The summed E-state index contributed by atoms with van der Waals surface area (Å²) >= 11 is 7.57. The van der Waals surface area contributed by atoms with Crippen LogP contribution in [0.5, 0.6) is 0 Å². The van der Waals surface area contributed by atoms with Crippen LogP contribution >= 0.6 is 34.2 Å². The zero-order chi connectivity index (χ0) is 13.0. The fourth-order valence-corrected chi connectivity index (χ4v) is 2.22. The molecule has 1 heterocycles. The molecule has 0 fully saturated rings. The molecule has 0 aliphatic heterocycles. The number of esters is 1. The first-order valence-corrected chi connectivity index (χ1v) is 6.48. The predicted octanol–water partition coefficient (Wildman–Crippen LogP) is 2.75. The average Bonchev–Trinajstić information content (AvgIpc) is 2.27. The summed E-state index contributed by atoms with van der Waals surface area (Å²) in [5, 5.41) is 10.6. The minimum atomic E-state index is -0.647.